The van der Waals surface area contributed by atoms with E-state index in [0.717, 1.165) is 19.3 Å². The molecule has 1 aromatic carbocycles. The molecule has 7 nitrogen and oxygen atoms in total. The molecule has 20 heavy (non-hydrogen) atoms. The normalized spacial score (nSPS) is 10.1. The molecular weight excluding hydrogens is 262 g/mol. The van der Waals surface area contributed by atoms with Crippen LogP contribution in [0.15, 0.2) is 18.2 Å². The average molecular weight is 281 g/mol. The number of benzene rings is 1. The van der Waals surface area contributed by atoms with Gasteiger partial charge in [0.25, 0.3) is 11.6 Å². The molecule has 0 spiro atoms. The van der Waals surface area contributed by atoms with Crippen molar-refractivity contribution in [3.8, 4) is 0 Å². The van der Waals surface area contributed by atoms with E-state index >= 15 is 0 Å². The first-order valence-electron chi connectivity index (χ1n) is 6.45. The summed E-state index contributed by atoms with van der Waals surface area (Å²) >= 11 is 0. The highest BCUT2D eigenvalue weighted by atomic mass is 16.6. The molecule has 0 saturated carbocycles. The third-order valence-electron chi connectivity index (χ3n) is 2.83. The fourth-order valence-corrected chi connectivity index (χ4v) is 1.75. The Bertz CT molecular complexity index is 477. The molecule has 0 atom stereocenters. The number of carbonyl (C=O) groups excluding carboxylic acids is 1. The molecule has 0 aliphatic rings. The number of unbranched alkanes of at least 4 members (excludes halogenated alkanes) is 2. The van der Waals surface area contributed by atoms with Crippen molar-refractivity contribution >= 4 is 17.3 Å². The molecule has 0 heterocycles. The van der Waals surface area contributed by atoms with Crippen LogP contribution in [0.3, 0.4) is 0 Å². The minimum absolute atomic E-state index is 0.117. The van der Waals surface area contributed by atoms with Crippen molar-refractivity contribution in [3.05, 3.63) is 33.9 Å². The number of nitro groups is 1. The molecule has 1 rings (SSSR count). The topological polar surface area (TPSA) is 104 Å². The SMILES string of the molecule is CNC(=O)c1ccc(NCCCCCO)c([N+](=O)[O-])c1. The molecule has 110 valence electrons. The Morgan fingerprint density at radius 2 is 2.10 bits per heavy atom. The number of hydrogen-bond donors (Lipinski definition) is 3. The van der Waals surface area contributed by atoms with Gasteiger partial charge in [-0.15, -0.1) is 0 Å². The van der Waals surface area contributed by atoms with Crippen molar-refractivity contribution in [2.24, 2.45) is 0 Å². The zero-order valence-electron chi connectivity index (χ0n) is 11.4. The first-order chi connectivity index (χ1) is 9.60. The lowest BCUT2D eigenvalue weighted by atomic mass is 10.1. The number of nitrogens with zero attached hydrogens (tertiary/aromatic N) is 1. The van der Waals surface area contributed by atoms with Crippen molar-refractivity contribution < 1.29 is 14.8 Å². The summed E-state index contributed by atoms with van der Waals surface area (Å²) in [6, 6.07) is 4.34. The molecule has 0 fully saturated rings. The van der Waals surface area contributed by atoms with Crippen molar-refractivity contribution in [2.45, 2.75) is 19.3 Å². The number of amides is 1. The number of aliphatic hydroxyl groups is 1. The Hall–Kier alpha value is -2.15. The quantitative estimate of drug-likeness (QED) is 0.381. The summed E-state index contributed by atoms with van der Waals surface area (Å²) in [6.07, 6.45) is 2.39. The molecule has 0 unspecified atom stereocenters. The molecule has 3 N–H and O–H groups in total. The van der Waals surface area contributed by atoms with Crippen LogP contribution in [0.5, 0.6) is 0 Å². The van der Waals surface area contributed by atoms with Gasteiger partial charge in [-0.3, -0.25) is 14.9 Å². The predicted octanol–water partition coefficient (Wildman–Crippen LogP) is 1.53. The van der Waals surface area contributed by atoms with Crippen molar-refractivity contribution in [1.29, 1.82) is 0 Å². The molecule has 1 amide bonds. The number of rotatable bonds is 8. The predicted molar refractivity (Wildman–Crippen MR) is 75.9 cm³/mol. The lowest BCUT2D eigenvalue weighted by Gasteiger charge is -2.08. The summed E-state index contributed by atoms with van der Waals surface area (Å²) in [5, 5.41) is 25.1. The highest BCUT2D eigenvalue weighted by molar-refractivity contribution is 5.95. The van der Waals surface area contributed by atoms with Crippen molar-refractivity contribution in [2.75, 3.05) is 25.5 Å². The number of nitro benzene ring substituents is 1. The summed E-state index contributed by atoms with van der Waals surface area (Å²) < 4.78 is 0. The molecule has 0 aromatic heterocycles. The largest absolute Gasteiger partial charge is 0.396 e. The lowest BCUT2D eigenvalue weighted by Crippen LogP contribution is -2.18. The van der Waals surface area contributed by atoms with Crippen LogP contribution in [0, 0.1) is 10.1 Å². The van der Waals surface area contributed by atoms with E-state index in [0.29, 0.717) is 12.2 Å². The summed E-state index contributed by atoms with van der Waals surface area (Å²) in [5.74, 6) is -0.359. The molecule has 1 aromatic rings. The maximum absolute atomic E-state index is 11.5. The van der Waals surface area contributed by atoms with E-state index in [1.54, 1.807) is 6.07 Å². The van der Waals surface area contributed by atoms with Gasteiger partial charge in [0.1, 0.15) is 5.69 Å². The summed E-state index contributed by atoms with van der Waals surface area (Å²) in [4.78, 5) is 22.0. The highest BCUT2D eigenvalue weighted by Crippen LogP contribution is 2.25. The molecule has 0 bridgehead atoms. The smallest absolute Gasteiger partial charge is 0.293 e. The minimum atomic E-state index is -0.511. The Balaban J connectivity index is 2.75. The fourth-order valence-electron chi connectivity index (χ4n) is 1.75. The molecular formula is C13H19N3O4. The van der Waals surface area contributed by atoms with Gasteiger partial charge in [-0.1, -0.05) is 0 Å². The van der Waals surface area contributed by atoms with E-state index in [4.69, 9.17) is 5.11 Å². The number of hydrogen-bond acceptors (Lipinski definition) is 5. The van der Waals surface area contributed by atoms with E-state index < -0.39 is 4.92 Å². The van der Waals surface area contributed by atoms with Crippen LogP contribution in [-0.2, 0) is 0 Å². The first kappa shape index (κ1) is 15.9. The van der Waals surface area contributed by atoms with Crippen LogP contribution in [0.2, 0.25) is 0 Å². The van der Waals surface area contributed by atoms with Gasteiger partial charge < -0.3 is 15.7 Å². The van der Waals surface area contributed by atoms with Gasteiger partial charge in [0.2, 0.25) is 0 Å². The molecule has 0 saturated heterocycles. The van der Waals surface area contributed by atoms with Gasteiger partial charge in [-0.05, 0) is 31.4 Å². The monoisotopic (exact) mass is 281 g/mol. The fraction of sp³-hybridized carbons (Fsp3) is 0.462. The first-order valence-corrected chi connectivity index (χ1v) is 6.45. The zero-order valence-corrected chi connectivity index (χ0v) is 11.4. The van der Waals surface area contributed by atoms with Gasteiger partial charge >= 0.3 is 0 Å². The third-order valence-corrected chi connectivity index (χ3v) is 2.83. The Morgan fingerprint density at radius 1 is 1.35 bits per heavy atom. The lowest BCUT2D eigenvalue weighted by molar-refractivity contribution is -0.384. The van der Waals surface area contributed by atoms with E-state index in [9.17, 15) is 14.9 Å². The van der Waals surface area contributed by atoms with Crippen LogP contribution in [-0.4, -0.2) is 36.1 Å². The molecule has 7 heteroatoms. The van der Waals surface area contributed by atoms with Gasteiger partial charge in [-0.25, -0.2) is 0 Å². The van der Waals surface area contributed by atoms with Crippen LogP contribution in [0.25, 0.3) is 0 Å². The van der Waals surface area contributed by atoms with Crippen LogP contribution < -0.4 is 10.6 Å². The second-order valence-corrected chi connectivity index (χ2v) is 4.28. The van der Waals surface area contributed by atoms with Gasteiger partial charge in [0, 0.05) is 31.8 Å². The van der Waals surface area contributed by atoms with Crippen molar-refractivity contribution in [1.82, 2.24) is 5.32 Å². The second kappa shape index (κ2) is 8.11. The number of anilines is 1. The summed E-state index contributed by atoms with van der Waals surface area (Å²) in [5.41, 5.74) is 0.532. The van der Waals surface area contributed by atoms with E-state index in [1.807, 2.05) is 0 Å². The maximum Gasteiger partial charge on any atom is 0.293 e. The van der Waals surface area contributed by atoms with Crippen molar-refractivity contribution in [3.63, 3.8) is 0 Å². The number of aliphatic hydroxyl groups excluding tert-OH is 1. The number of nitrogens with one attached hydrogen (secondary N) is 2. The molecule has 0 radical (unpaired) electrons. The minimum Gasteiger partial charge on any atom is -0.396 e. The maximum atomic E-state index is 11.5. The van der Waals surface area contributed by atoms with Gasteiger partial charge in [0.15, 0.2) is 0 Å². The number of carbonyl (C=O) groups is 1. The summed E-state index contributed by atoms with van der Waals surface area (Å²) in [7, 11) is 1.47. The van der Waals surface area contributed by atoms with Gasteiger partial charge in [0.05, 0.1) is 4.92 Å². The molecule has 0 aliphatic heterocycles. The Kier molecular flexibility index (Phi) is 6.45. The zero-order chi connectivity index (χ0) is 15.0. The highest BCUT2D eigenvalue weighted by Gasteiger charge is 2.16. The Morgan fingerprint density at radius 3 is 2.70 bits per heavy atom. The average Bonchev–Trinajstić information content (AvgIpc) is 2.46. The standard InChI is InChI=1S/C13H19N3O4/c1-14-13(18)10-5-6-11(12(9-10)16(19)20)15-7-3-2-4-8-17/h5-6,9,15,17H,2-4,7-8H2,1H3,(H,14,18). The van der Waals surface area contributed by atoms with Gasteiger partial charge in [-0.2, -0.15) is 0 Å². The molecule has 0 aliphatic carbocycles. The third kappa shape index (κ3) is 4.51. The van der Waals surface area contributed by atoms with Crippen LogP contribution in [0.1, 0.15) is 29.6 Å². The Labute approximate surface area is 117 Å². The van der Waals surface area contributed by atoms with E-state index in [-0.39, 0.29) is 23.8 Å². The van der Waals surface area contributed by atoms with Crippen LogP contribution in [0.4, 0.5) is 11.4 Å². The van der Waals surface area contributed by atoms with Crippen LogP contribution >= 0.6 is 0 Å². The second-order valence-electron chi connectivity index (χ2n) is 4.28. The van der Waals surface area contributed by atoms with E-state index in [2.05, 4.69) is 10.6 Å². The summed E-state index contributed by atoms with van der Waals surface area (Å²) in [6.45, 7) is 0.737. The van der Waals surface area contributed by atoms with E-state index in [1.165, 1.54) is 19.2 Å².